The van der Waals surface area contributed by atoms with Crippen LogP contribution in [0.3, 0.4) is 0 Å². The number of aryl methyl sites for hydroxylation is 2. The number of nitrogens with one attached hydrogen (secondary N) is 3. The van der Waals surface area contributed by atoms with Crippen molar-refractivity contribution in [2.45, 2.75) is 19.9 Å². The molecule has 0 aliphatic carbocycles. The molecule has 0 spiro atoms. The van der Waals surface area contributed by atoms with Crippen LogP contribution in [-0.4, -0.2) is 58.8 Å². The number of rotatable bonds is 6. The second kappa shape index (κ2) is 10.4. The number of morpholine rings is 1. The number of quaternary nitrogens is 1. The van der Waals surface area contributed by atoms with Crippen molar-refractivity contribution in [2.75, 3.05) is 57.2 Å². The summed E-state index contributed by atoms with van der Waals surface area (Å²) in [6.45, 7) is 7.49. The largest absolute Gasteiger partial charge is 0.378 e. The van der Waals surface area contributed by atoms with Gasteiger partial charge in [0.1, 0.15) is 19.1 Å². The van der Waals surface area contributed by atoms with Crippen molar-refractivity contribution >= 4 is 23.2 Å². The normalized spacial score (nSPS) is 15.2. The number of hydrogen-bond acceptors (Lipinski definition) is 4. The van der Waals surface area contributed by atoms with Gasteiger partial charge in [-0.15, -0.1) is 0 Å². The quantitative estimate of drug-likeness (QED) is 0.606. The number of ether oxygens (including phenoxy) is 1. The number of benzene rings is 2. The number of nitrogens with zero attached hydrogens (tertiary/aromatic N) is 1. The molecule has 7 heteroatoms. The summed E-state index contributed by atoms with van der Waals surface area (Å²) in [5.74, 6) is -1.28. The van der Waals surface area contributed by atoms with Crippen LogP contribution in [0, 0.1) is 13.8 Å². The van der Waals surface area contributed by atoms with Crippen molar-refractivity contribution in [1.82, 2.24) is 5.32 Å². The number of hydrogen-bond donors (Lipinski definition) is 3. The van der Waals surface area contributed by atoms with Gasteiger partial charge in [0.15, 0.2) is 0 Å². The van der Waals surface area contributed by atoms with Crippen LogP contribution in [0.4, 0.5) is 11.4 Å². The van der Waals surface area contributed by atoms with Gasteiger partial charge in [-0.25, -0.2) is 0 Å². The van der Waals surface area contributed by atoms with Crippen LogP contribution in [0.2, 0.25) is 0 Å². The van der Waals surface area contributed by atoms with Gasteiger partial charge in [-0.05, 0) is 49.2 Å². The minimum Gasteiger partial charge on any atom is -0.378 e. The highest BCUT2D eigenvalue weighted by Gasteiger charge is 2.28. The van der Waals surface area contributed by atoms with E-state index in [0.717, 1.165) is 35.5 Å². The predicted molar refractivity (Wildman–Crippen MR) is 123 cm³/mol. The molecule has 31 heavy (non-hydrogen) atoms. The topological polar surface area (TPSA) is 75.1 Å². The molecule has 1 heterocycles. The van der Waals surface area contributed by atoms with Gasteiger partial charge in [-0.1, -0.05) is 18.2 Å². The minimum atomic E-state index is -0.651. The molecule has 1 aliphatic heterocycles. The summed E-state index contributed by atoms with van der Waals surface area (Å²) in [6, 6.07) is 14.0. The fourth-order valence-electron chi connectivity index (χ4n) is 3.77. The summed E-state index contributed by atoms with van der Waals surface area (Å²) in [5.41, 5.74) is 5.08. The molecule has 0 aromatic heterocycles. The fourth-order valence-corrected chi connectivity index (χ4v) is 3.77. The average Bonchev–Trinajstić information content (AvgIpc) is 2.77. The zero-order valence-corrected chi connectivity index (χ0v) is 18.8. The standard InChI is InChI=1S/C24H32N4O3/c1-17-5-8-20(15-18(17)2)26-24(30)23(29)25-16-22(28-11-13-31-14-12-28)19-6-9-21(10-7-19)27(3)4/h5-10,15,22H,11-14,16H2,1-4H3,(H,25,29)(H,26,30)/p+1/t22-/m1/s1. The highest BCUT2D eigenvalue weighted by atomic mass is 16.5. The van der Waals surface area contributed by atoms with E-state index in [0.29, 0.717) is 25.4 Å². The maximum atomic E-state index is 12.5. The van der Waals surface area contributed by atoms with Crippen LogP contribution < -0.4 is 20.4 Å². The van der Waals surface area contributed by atoms with Crippen LogP contribution in [0.25, 0.3) is 0 Å². The molecule has 0 radical (unpaired) electrons. The van der Waals surface area contributed by atoms with Crippen molar-refractivity contribution in [3.63, 3.8) is 0 Å². The molecule has 1 saturated heterocycles. The Labute approximate surface area is 184 Å². The highest BCUT2D eigenvalue weighted by Crippen LogP contribution is 2.17. The maximum Gasteiger partial charge on any atom is 0.313 e. The van der Waals surface area contributed by atoms with Crippen LogP contribution in [-0.2, 0) is 14.3 Å². The van der Waals surface area contributed by atoms with Crippen LogP contribution in [0.15, 0.2) is 42.5 Å². The van der Waals surface area contributed by atoms with Gasteiger partial charge in [0.2, 0.25) is 0 Å². The van der Waals surface area contributed by atoms with Gasteiger partial charge < -0.3 is 25.2 Å². The monoisotopic (exact) mass is 425 g/mol. The Kier molecular flexibility index (Phi) is 7.65. The van der Waals surface area contributed by atoms with Crippen molar-refractivity contribution in [3.05, 3.63) is 59.2 Å². The molecule has 1 atom stereocenters. The van der Waals surface area contributed by atoms with Crippen LogP contribution in [0.1, 0.15) is 22.7 Å². The Balaban J connectivity index is 1.66. The van der Waals surface area contributed by atoms with E-state index in [9.17, 15) is 9.59 Å². The maximum absolute atomic E-state index is 12.5. The molecule has 0 unspecified atom stereocenters. The van der Waals surface area contributed by atoms with Crippen LogP contribution in [0.5, 0.6) is 0 Å². The molecule has 2 aromatic carbocycles. The summed E-state index contributed by atoms with van der Waals surface area (Å²) in [4.78, 5) is 28.3. The zero-order valence-electron chi connectivity index (χ0n) is 18.8. The van der Waals surface area contributed by atoms with Crippen LogP contribution >= 0.6 is 0 Å². The summed E-state index contributed by atoms with van der Waals surface area (Å²) in [5, 5.41) is 5.53. The lowest BCUT2D eigenvalue weighted by atomic mass is 10.0. The van der Waals surface area contributed by atoms with E-state index in [1.165, 1.54) is 4.90 Å². The molecular weight excluding hydrogens is 392 g/mol. The van der Waals surface area contributed by atoms with E-state index in [-0.39, 0.29) is 6.04 Å². The molecule has 2 amide bonds. The number of amides is 2. The van der Waals surface area contributed by atoms with Crippen molar-refractivity contribution in [3.8, 4) is 0 Å². The SMILES string of the molecule is Cc1ccc(NC(=O)C(=O)NC[C@H](c2ccc(N(C)C)cc2)[NH+]2CCOCC2)cc1C. The summed E-state index contributed by atoms with van der Waals surface area (Å²) < 4.78 is 5.51. The lowest BCUT2D eigenvalue weighted by Crippen LogP contribution is -3.15. The van der Waals surface area contributed by atoms with Gasteiger partial charge in [0.05, 0.1) is 19.8 Å². The molecule has 0 saturated carbocycles. The third-order valence-corrected chi connectivity index (χ3v) is 5.88. The Bertz CT molecular complexity index is 906. The molecule has 166 valence electrons. The lowest BCUT2D eigenvalue weighted by Gasteiger charge is -2.32. The first-order chi connectivity index (χ1) is 14.8. The number of anilines is 2. The van der Waals surface area contributed by atoms with E-state index in [1.54, 1.807) is 6.07 Å². The van der Waals surface area contributed by atoms with E-state index < -0.39 is 11.8 Å². The van der Waals surface area contributed by atoms with Gasteiger partial charge in [-0.2, -0.15) is 0 Å². The summed E-state index contributed by atoms with van der Waals surface area (Å²) in [6.07, 6.45) is 0. The molecule has 3 N–H and O–H groups in total. The third kappa shape index (κ3) is 6.06. The first kappa shape index (κ1) is 22.8. The first-order valence-corrected chi connectivity index (χ1v) is 10.7. The lowest BCUT2D eigenvalue weighted by molar-refractivity contribution is -0.937. The number of carbonyl (C=O) groups excluding carboxylic acids is 2. The third-order valence-electron chi connectivity index (χ3n) is 5.88. The smallest absolute Gasteiger partial charge is 0.313 e. The zero-order chi connectivity index (χ0) is 22.4. The van der Waals surface area contributed by atoms with E-state index >= 15 is 0 Å². The second-order valence-corrected chi connectivity index (χ2v) is 8.27. The van der Waals surface area contributed by atoms with Crippen molar-refractivity contribution < 1.29 is 19.2 Å². The molecule has 2 aromatic rings. The Morgan fingerprint density at radius 1 is 1.00 bits per heavy atom. The van der Waals surface area contributed by atoms with E-state index in [4.69, 9.17) is 4.74 Å². The van der Waals surface area contributed by atoms with Crippen molar-refractivity contribution in [1.29, 1.82) is 0 Å². The van der Waals surface area contributed by atoms with Gasteiger partial charge in [-0.3, -0.25) is 9.59 Å². The van der Waals surface area contributed by atoms with Crippen molar-refractivity contribution in [2.24, 2.45) is 0 Å². The first-order valence-electron chi connectivity index (χ1n) is 10.7. The fraction of sp³-hybridized carbons (Fsp3) is 0.417. The summed E-state index contributed by atoms with van der Waals surface area (Å²) >= 11 is 0. The Morgan fingerprint density at radius 2 is 1.68 bits per heavy atom. The van der Waals surface area contributed by atoms with Gasteiger partial charge in [0.25, 0.3) is 0 Å². The van der Waals surface area contributed by atoms with Gasteiger partial charge >= 0.3 is 11.8 Å². The molecular formula is C24H33N4O3+. The second-order valence-electron chi connectivity index (χ2n) is 8.27. The highest BCUT2D eigenvalue weighted by molar-refractivity contribution is 6.39. The Morgan fingerprint density at radius 3 is 2.29 bits per heavy atom. The number of carbonyl (C=O) groups is 2. The molecule has 1 fully saturated rings. The van der Waals surface area contributed by atoms with E-state index in [2.05, 4.69) is 39.8 Å². The predicted octanol–water partition coefficient (Wildman–Crippen LogP) is 1.08. The average molecular weight is 426 g/mol. The minimum absolute atomic E-state index is 0.0541. The summed E-state index contributed by atoms with van der Waals surface area (Å²) in [7, 11) is 4.02. The van der Waals surface area contributed by atoms with Gasteiger partial charge in [0, 0.05) is 31.0 Å². The molecule has 3 rings (SSSR count). The molecule has 1 aliphatic rings. The van der Waals surface area contributed by atoms with E-state index in [1.807, 2.05) is 40.1 Å². The molecule has 7 nitrogen and oxygen atoms in total. The Hall–Kier alpha value is -2.90. The molecule has 0 bridgehead atoms.